The highest BCUT2D eigenvalue weighted by Crippen LogP contribution is 2.25. The summed E-state index contributed by atoms with van der Waals surface area (Å²) >= 11 is 0. The van der Waals surface area contributed by atoms with Crippen LogP contribution < -0.4 is 10.1 Å². The van der Waals surface area contributed by atoms with Gasteiger partial charge in [0.1, 0.15) is 11.6 Å². The van der Waals surface area contributed by atoms with Crippen LogP contribution in [0.5, 0.6) is 5.75 Å². The number of methoxy groups -OCH3 is 1. The second-order valence-corrected chi connectivity index (χ2v) is 4.95. The van der Waals surface area contributed by atoms with E-state index in [1.165, 1.54) is 30.2 Å². The first-order valence-corrected chi connectivity index (χ1v) is 6.89. The molecule has 0 spiro atoms. The maximum Gasteiger partial charge on any atom is 0.322 e. The molecule has 22 heavy (non-hydrogen) atoms. The average molecular weight is 317 g/mol. The zero-order valence-electron chi connectivity index (χ0n) is 12.2. The number of piperazine rings is 1. The van der Waals surface area contributed by atoms with E-state index in [1.54, 1.807) is 4.90 Å². The van der Waals surface area contributed by atoms with Gasteiger partial charge in [-0.05, 0) is 12.1 Å². The predicted octanol–water partition coefficient (Wildman–Crippen LogP) is 2.25. The quantitative estimate of drug-likeness (QED) is 0.926. The topological polar surface area (TPSA) is 44.8 Å². The summed E-state index contributed by atoms with van der Waals surface area (Å²) in [6.07, 6.45) is -2.37. The fraction of sp³-hybridized carbons (Fsp3) is 0.500. The normalized spacial score (nSPS) is 16.0. The molecule has 1 fully saturated rings. The van der Waals surface area contributed by atoms with Crippen LogP contribution in [-0.2, 0) is 0 Å². The number of rotatable bonds is 4. The molecule has 1 aromatic carbocycles. The molecule has 0 radical (unpaired) electrons. The van der Waals surface area contributed by atoms with E-state index in [0.29, 0.717) is 31.9 Å². The smallest absolute Gasteiger partial charge is 0.322 e. The second-order valence-electron chi connectivity index (χ2n) is 4.95. The maximum atomic E-state index is 13.1. The number of amides is 2. The fourth-order valence-electron chi connectivity index (χ4n) is 2.29. The van der Waals surface area contributed by atoms with Gasteiger partial charge in [-0.15, -0.1) is 0 Å². The molecule has 1 aliphatic heterocycles. The number of benzene rings is 1. The monoisotopic (exact) mass is 317 g/mol. The minimum Gasteiger partial charge on any atom is -0.494 e. The molecule has 0 bridgehead atoms. The fourth-order valence-corrected chi connectivity index (χ4v) is 2.29. The number of carbonyl (C=O) groups is 1. The second kappa shape index (κ2) is 7.35. The lowest BCUT2D eigenvalue weighted by Crippen LogP contribution is -2.50. The molecule has 1 aliphatic rings. The minimum atomic E-state index is -2.37. The van der Waals surface area contributed by atoms with Crippen molar-refractivity contribution < 1.29 is 22.7 Å². The Labute approximate surface area is 126 Å². The van der Waals surface area contributed by atoms with Gasteiger partial charge in [0.2, 0.25) is 0 Å². The molecule has 1 heterocycles. The van der Waals surface area contributed by atoms with Crippen LogP contribution in [-0.4, -0.2) is 62.1 Å². The van der Waals surface area contributed by atoms with E-state index in [1.807, 2.05) is 0 Å². The van der Waals surface area contributed by atoms with E-state index in [-0.39, 0.29) is 18.3 Å². The summed E-state index contributed by atoms with van der Waals surface area (Å²) < 4.78 is 42.7. The highest BCUT2D eigenvalue weighted by atomic mass is 19.3. The lowest BCUT2D eigenvalue weighted by Gasteiger charge is -2.34. The van der Waals surface area contributed by atoms with Crippen molar-refractivity contribution in [1.29, 1.82) is 0 Å². The molecule has 0 aliphatic carbocycles. The molecule has 122 valence electrons. The van der Waals surface area contributed by atoms with Crippen LogP contribution in [0.15, 0.2) is 18.2 Å². The number of carbonyl (C=O) groups excluding carboxylic acids is 1. The average Bonchev–Trinajstić information content (AvgIpc) is 2.49. The maximum absolute atomic E-state index is 13.1. The number of urea groups is 1. The first kappa shape index (κ1) is 16.4. The Hall–Kier alpha value is -1.96. The number of hydrogen-bond donors (Lipinski definition) is 1. The summed E-state index contributed by atoms with van der Waals surface area (Å²) in [5.41, 5.74) is 0.365. The lowest BCUT2D eigenvalue weighted by molar-refractivity contribution is 0.0651. The molecular formula is C14H18F3N3O2. The molecule has 1 aromatic rings. The van der Waals surface area contributed by atoms with E-state index in [4.69, 9.17) is 4.74 Å². The van der Waals surface area contributed by atoms with Crippen molar-refractivity contribution in [3.63, 3.8) is 0 Å². The van der Waals surface area contributed by atoms with Crippen molar-refractivity contribution in [2.75, 3.05) is 45.2 Å². The summed E-state index contributed by atoms with van der Waals surface area (Å²) in [6, 6.07) is 3.45. The van der Waals surface area contributed by atoms with Gasteiger partial charge in [0.05, 0.1) is 19.3 Å². The van der Waals surface area contributed by atoms with Crippen LogP contribution in [0.25, 0.3) is 0 Å². The van der Waals surface area contributed by atoms with E-state index in [9.17, 15) is 18.0 Å². The third-order valence-corrected chi connectivity index (χ3v) is 3.46. The Bertz CT molecular complexity index is 520. The molecule has 2 rings (SSSR count). The minimum absolute atomic E-state index is 0.227. The number of halogens is 3. The molecule has 0 saturated carbocycles. The number of alkyl halides is 2. The van der Waals surface area contributed by atoms with E-state index < -0.39 is 12.2 Å². The van der Waals surface area contributed by atoms with E-state index >= 15 is 0 Å². The molecule has 0 aromatic heterocycles. The number of nitrogens with zero attached hydrogens (tertiary/aromatic N) is 2. The highest BCUT2D eigenvalue weighted by molar-refractivity contribution is 5.91. The summed E-state index contributed by atoms with van der Waals surface area (Å²) in [5, 5.41) is 2.64. The molecule has 0 unspecified atom stereocenters. The number of anilines is 1. The third kappa shape index (κ3) is 4.27. The SMILES string of the molecule is COc1cc(F)ccc1NC(=O)N1CCN(CC(F)F)CC1. The van der Waals surface area contributed by atoms with Gasteiger partial charge in [0.25, 0.3) is 6.43 Å². The van der Waals surface area contributed by atoms with Gasteiger partial charge in [0.15, 0.2) is 0 Å². The largest absolute Gasteiger partial charge is 0.494 e. The molecular weight excluding hydrogens is 299 g/mol. The molecule has 1 saturated heterocycles. The Morgan fingerprint density at radius 3 is 2.59 bits per heavy atom. The zero-order chi connectivity index (χ0) is 16.1. The van der Waals surface area contributed by atoms with Crippen molar-refractivity contribution >= 4 is 11.7 Å². The first-order chi connectivity index (χ1) is 10.5. The zero-order valence-corrected chi connectivity index (χ0v) is 12.2. The Kier molecular flexibility index (Phi) is 5.48. The van der Waals surface area contributed by atoms with Crippen molar-refractivity contribution in [3.8, 4) is 5.75 Å². The Balaban J connectivity index is 1.91. The summed E-state index contributed by atoms with van der Waals surface area (Å²) in [5.74, 6) is -0.236. The van der Waals surface area contributed by atoms with Gasteiger partial charge in [-0.3, -0.25) is 4.90 Å². The van der Waals surface area contributed by atoms with Crippen molar-refractivity contribution in [3.05, 3.63) is 24.0 Å². The summed E-state index contributed by atoms with van der Waals surface area (Å²) in [4.78, 5) is 15.3. The standard InChI is InChI=1S/C14H18F3N3O2/c1-22-12-8-10(15)2-3-11(12)18-14(21)20-6-4-19(5-7-20)9-13(16)17/h2-3,8,13H,4-7,9H2,1H3,(H,18,21). The van der Waals surface area contributed by atoms with Crippen LogP contribution in [0, 0.1) is 5.82 Å². The van der Waals surface area contributed by atoms with Gasteiger partial charge in [-0.1, -0.05) is 0 Å². The Morgan fingerprint density at radius 2 is 2.00 bits per heavy atom. The molecule has 0 atom stereocenters. The van der Waals surface area contributed by atoms with E-state index in [0.717, 1.165) is 0 Å². The van der Waals surface area contributed by atoms with Crippen LogP contribution in [0.3, 0.4) is 0 Å². The van der Waals surface area contributed by atoms with Gasteiger partial charge < -0.3 is 15.0 Å². The number of ether oxygens (including phenoxy) is 1. The molecule has 5 nitrogen and oxygen atoms in total. The molecule has 1 N–H and O–H groups in total. The third-order valence-electron chi connectivity index (χ3n) is 3.46. The van der Waals surface area contributed by atoms with Gasteiger partial charge >= 0.3 is 6.03 Å². The molecule has 2 amide bonds. The Morgan fingerprint density at radius 1 is 1.32 bits per heavy atom. The molecule has 8 heteroatoms. The lowest BCUT2D eigenvalue weighted by atomic mass is 10.2. The number of nitrogens with one attached hydrogen (secondary N) is 1. The summed E-state index contributed by atoms with van der Waals surface area (Å²) in [7, 11) is 1.38. The summed E-state index contributed by atoms with van der Waals surface area (Å²) in [6.45, 7) is 1.25. The highest BCUT2D eigenvalue weighted by Gasteiger charge is 2.23. The van der Waals surface area contributed by atoms with Crippen molar-refractivity contribution in [2.24, 2.45) is 0 Å². The van der Waals surface area contributed by atoms with Crippen molar-refractivity contribution in [1.82, 2.24) is 9.80 Å². The van der Waals surface area contributed by atoms with Crippen LogP contribution in [0.4, 0.5) is 23.7 Å². The predicted molar refractivity (Wildman–Crippen MR) is 76.0 cm³/mol. The first-order valence-electron chi connectivity index (χ1n) is 6.89. The van der Waals surface area contributed by atoms with Gasteiger partial charge in [0, 0.05) is 32.2 Å². The van der Waals surface area contributed by atoms with Crippen molar-refractivity contribution in [2.45, 2.75) is 6.43 Å². The van der Waals surface area contributed by atoms with Crippen LogP contribution in [0.2, 0.25) is 0 Å². The number of hydrogen-bond acceptors (Lipinski definition) is 3. The van der Waals surface area contributed by atoms with Gasteiger partial charge in [-0.2, -0.15) is 0 Å². The van der Waals surface area contributed by atoms with Crippen LogP contribution >= 0.6 is 0 Å². The van der Waals surface area contributed by atoms with Gasteiger partial charge in [-0.25, -0.2) is 18.0 Å². The van der Waals surface area contributed by atoms with E-state index in [2.05, 4.69) is 5.32 Å². The van der Waals surface area contributed by atoms with Crippen LogP contribution in [0.1, 0.15) is 0 Å².